The second kappa shape index (κ2) is 6.72. The third-order valence-electron chi connectivity index (χ3n) is 3.76. The predicted octanol–water partition coefficient (Wildman–Crippen LogP) is 2.05. The number of carbonyl (C=O) groups is 1. The number of ether oxygens (including phenoxy) is 1. The molecule has 0 saturated carbocycles. The van der Waals surface area contributed by atoms with E-state index in [9.17, 15) is 9.59 Å². The van der Waals surface area contributed by atoms with E-state index < -0.39 is 0 Å². The molecule has 0 atom stereocenters. The molecule has 2 aromatic heterocycles. The van der Waals surface area contributed by atoms with Crippen LogP contribution in [0.15, 0.2) is 28.4 Å². The van der Waals surface area contributed by atoms with Gasteiger partial charge in [-0.25, -0.2) is 4.98 Å². The standard InChI is InChI=1S/C17H16BN3O3S/c1-8(2)16(23)21-17-20-11(7-25-17)10-6-12(22)9-4-5-13(24-3)14(18)15(9)19-10/h4-8H,1-3H3,(H,19,22)(H,20,21,23). The number of amides is 1. The van der Waals surface area contributed by atoms with E-state index >= 15 is 0 Å². The van der Waals surface area contributed by atoms with E-state index in [4.69, 9.17) is 12.6 Å². The normalized spacial score (nSPS) is 11.0. The number of carbonyl (C=O) groups excluding carboxylic acids is 1. The van der Waals surface area contributed by atoms with Crippen LogP contribution in [0.1, 0.15) is 13.8 Å². The Labute approximate surface area is 149 Å². The lowest BCUT2D eigenvalue weighted by Crippen LogP contribution is -2.17. The molecule has 6 nitrogen and oxygen atoms in total. The third-order valence-corrected chi connectivity index (χ3v) is 4.52. The van der Waals surface area contributed by atoms with Crippen LogP contribution < -0.4 is 20.9 Å². The average Bonchev–Trinajstić information content (AvgIpc) is 3.04. The van der Waals surface area contributed by atoms with Crippen LogP contribution in [0.5, 0.6) is 5.75 Å². The summed E-state index contributed by atoms with van der Waals surface area (Å²) in [6, 6.07) is 4.80. The van der Waals surface area contributed by atoms with Gasteiger partial charge in [-0.2, -0.15) is 0 Å². The number of benzene rings is 1. The van der Waals surface area contributed by atoms with Crippen LogP contribution in [0.25, 0.3) is 22.3 Å². The zero-order chi connectivity index (χ0) is 18.1. The molecule has 2 N–H and O–H groups in total. The zero-order valence-corrected chi connectivity index (χ0v) is 14.9. The van der Waals surface area contributed by atoms with Gasteiger partial charge in [0.25, 0.3) is 0 Å². The zero-order valence-electron chi connectivity index (χ0n) is 14.0. The van der Waals surface area contributed by atoms with Gasteiger partial charge in [-0.3, -0.25) is 9.59 Å². The molecule has 126 valence electrons. The summed E-state index contributed by atoms with van der Waals surface area (Å²) in [5.74, 6) is 0.241. The number of H-pyrrole nitrogens is 1. The van der Waals surface area contributed by atoms with Crippen molar-refractivity contribution >= 4 is 46.6 Å². The predicted molar refractivity (Wildman–Crippen MR) is 101 cm³/mol. The Kier molecular flexibility index (Phi) is 4.63. The van der Waals surface area contributed by atoms with Gasteiger partial charge >= 0.3 is 0 Å². The number of aromatic nitrogens is 2. The van der Waals surface area contributed by atoms with Gasteiger partial charge in [-0.1, -0.05) is 13.8 Å². The lowest BCUT2D eigenvalue weighted by molar-refractivity contribution is -0.118. The maximum Gasteiger partial charge on any atom is 0.228 e. The molecule has 0 aliphatic carbocycles. The summed E-state index contributed by atoms with van der Waals surface area (Å²) in [5, 5.41) is 5.47. The van der Waals surface area contributed by atoms with Crippen LogP contribution in [0, 0.1) is 5.92 Å². The Morgan fingerprint density at radius 2 is 2.16 bits per heavy atom. The Hall–Kier alpha value is -2.61. The van der Waals surface area contributed by atoms with Crippen molar-refractivity contribution in [2.75, 3.05) is 12.4 Å². The molecule has 1 amide bonds. The summed E-state index contributed by atoms with van der Waals surface area (Å²) in [5.41, 5.74) is 1.79. The van der Waals surface area contributed by atoms with Crippen molar-refractivity contribution in [2.45, 2.75) is 13.8 Å². The fourth-order valence-corrected chi connectivity index (χ4v) is 3.05. The highest BCUT2D eigenvalue weighted by Crippen LogP contribution is 2.24. The quantitative estimate of drug-likeness (QED) is 0.703. The topological polar surface area (TPSA) is 84.1 Å². The van der Waals surface area contributed by atoms with Gasteiger partial charge in [-0.05, 0) is 17.6 Å². The minimum atomic E-state index is -0.168. The van der Waals surface area contributed by atoms with E-state index in [-0.39, 0.29) is 17.3 Å². The van der Waals surface area contributed by atoms with Crippen molar-refractivity contribution in [3.05, 3.63) is 33.8 Å². The number of nitrogens with one attached hydrogen (secondary N) is 2. The van der Waals surface area contributed by atoms with Gasteiger partial charge in [0, 0.05) is 28.3 Å². The van der Waals surface area contributed by atoms with E-state index in [0.717, 1.165) is 0 Å². The Balaban J connectivity index is 2.05. The number of thiazole rings is 1. The second-order valence-electron chi connectivity index (χ2n) is 5.83. The number of pyridine rings is 1. The molecular formula is C17H16BN3O3S. The summed E-state index contributed by atoms with van der Waals surface area (Å²) in [7, 11) is 7.60. The number of rotatable bonds is 4. The Bertz CT molecular complexity index is 1010. The molecule has 1 aromatic carbocycles. The summed E-state index contributed by atoms with van der Waals surface area (Å²) < 4.78 is 5.20. The molecule has 3 rings (SSSR count). The number of aromatic amines is 1. The largest absolute Gasteiger partial charge is 0.497 e. The van der Waals surface area contributed by atoms with Gasteiger partial charge in [0.1, 0.15) is 13.6 Å². The molecule has 0 saturated heterocycles. The number of hydrogen-bond donors (Lipinski definition) is 2. The first-order valence-corrected chi connectivity index (χ1v) is 8.55. The van der Waals surface area contributed by atoms with Crippen LogP contribution in [0.2, 0.25) is 0 Å². The molecule has 0 aliphatic rings. The highest BCUT2D eigenvalue weighted by atomic mass is 32.1. The summed E-state index contributed by atoms with van der Waals surface area (Å²) >= 11 is 1.29. The maximum atomic E-state index is 12.4. The summed E-state index contributed by atoms with van der Waals surface area (Å²) in [4.78, 5) is 31.7. The Morgan fingerprint density at radius 3 is 2.84 bits per heavy atom. The van der Waals surface area contributed by atoms with Crippen LogP contribution in [0.3, 0.4) is 0 Å². The molecule has 0 bridgehead atoms. The number of methoxy groups -OCH3 is 1. The Morgan fingerprint density at radius 1 is 1.40 bits per heavy atom. The first-order chi connectivity index (χ1) is 11.9. The van der Waals surface area contributed by atoms with Gasteiger partial charge < -0.3 is 15.0 Å². The molecule has 0 unspecified atom stereocenters. The number of fused-ring (bicyclic) bond motifs is 1. The average molecular weight is 353 g/mol. The second-order valence-corrected chi connectivity index (χ2v) is 6.69. The highest BCUT2D eigenvalue weighted by molar-refractivity contribution is 7.14. The molecule has 0 aliphatic heterocycles. The highest BCUT2D eigenvalue weighted by Gasteiger charge is 2.13. The number of nitrogens with zero attached hydrogens (tertiary/aromatic N) is 1. The van der Waals surface area contributed by atoms with Crippen molar-refractivity contribution < 1.29 is 9.53 Å². The SMILES string of the molecule is [B]c1c(OC)ccc2c(=O)cc(-c3csc(NC(=O)C(C)C)n3)[nH]c12. The van der Waals surface area contributed by atoms with Crippen LogP contribution in [-0.4, -0.2) is 30.8 Å². The van der Waals surface area contributed by atoms with Gasteiger partial charge in [0.15, 0.2) is 10.6 Å². The molecule has 2 radical (unpaired) electrons. The molecule has 0 spiro atoms. The molecule has 3 aromatic rings. The minimum Gasteiger partial charge on any atom is -0.497 e. The van der Waals surface area contributed by atoms with Gasteiger partial charge in [0.05, 0.1) is 18.5 Å². The molecule has 25 heavy (non-hydrogen) atoms. The summed E-state index contributed by atoms with van der Waals surface area (Å²) in [6.45, 7) is 3.61. The molecule has 8 heteroatoms. The summed E-state index contributed by atoms with van der Waals surface area (Å²) in [6.07, 6.45) is 0. The van der Waals surface area contributed by atoms with Crippen LogP contribution in [0.4, 0.5) is 5.13 Å². The lowest BCUT2D eigenvalue weighted by Gasteiger charge is -2.09. The van der Waals surface area contributed by atoms with Crippen LogP contribution >= 0.6 is 11.3 Å². The van der Waals surface area contributed by atoms with Crippen LogP contribution in [-0.2, 0) is 4.79 Å². The maximum absolute atomic E-state index is 12.4. The van der Waals surface area contributed by atoms with Crippen molar-refractivity contribution in [1.29, 1.82) is 0 Å². The fourth-order valence-electron chi connectivity index (χ4n) is 2.34. The van der Waals surface area contributed by atoms with E-state index in [1.165, 1.54) is 24.5 Å². The minimum absolute atomic E-state index is 0.109. The number of hydrogen-bond acceptors (Lipinski definition) is 5. The first-order valence-electron chi connectivity index (χ1n) is 7.67. The fraction of sp³-hybridized carbons (Fsp3) is 0.235. The van der Waals surface area contributed by atoms with Crippen molar-refractivity contribution in [2.24, 2.45) is 5.92 Å². The van der Waals surface area contributed by atoms with E-state index in [0.29, 0.717) is 38.6 Å². The molecular weight excluding hydrogens is 337 g/mol. The van der Waals surface area contributed by atoms with Gasteiger partial charge in [0.2, 0.25) is 5.91 Å². The molecule has 2 heterocycles. The first kappa shape index (κ1) is 17.2. The number of anilines is 1. The van der Waals surface area contributed by atoms with E-state index in [1.54, 1.807) is 31.4 Å². The molecule has 0 fully saturated rings. The monoisotopic (exact) mass is 353 g/mol. The third kappa shape index (κ3) is 3.30. The van der Waals surface area contributed by atoms with Crippen molar-refractivity contribution in [3.63, 3.8) is 0 Å². The van der Waals surface area contributed by atoms with Crippen molar-refractivity contribution in [3.8, 4) is 17.1 Å². The smallest absolute Gasteiger partial charge is 0.228 e. The van der Waals surface area contributed by atoms with Gasteiger partial charge in [-0.15, -0.1) is 11.3 Å². The van der Waals surface area contributed by atoms with Crippen molar-refractivity contribution in [1.82, 2.24) is 9.97 Å². The lowest BCUT2D eigenvalue weighted by atomic mass is 9.91. The van der Waals surface area contributed by atoms with E-state index in [1.807, 2.05) is 0 Å². The van der Waals surface area contributed by atoms with E-state index in [2.05, 4.69) is 15.3 Å².